The Balaban J connectivity index is 2.36. The normalized spacial score (nSPS) is 10.5. The number of nitrogens with zero attached hydrogens (tertiary/aromatic N) is 1. The fourth-order valence-corrected chi connectivity index (χ4v) is 2.37. The highest BCUT2D eigenvalue weighted by atomic mass is 32.1. The van der Waals surface area contributed by atoms with Gasteiger partial charge < -0.3 is 4.98 Å². The van der Waals surface area contributed by atoms with Crippen LogP contribution in [-0.2, 0) is 12.8 Å². The Labute approximate surface area is 126 Å². The molecular formula is C14H15N3O3S. The molecule has 1 heterocycles. The van der Waals surface area contributed by atoms with Crippen LogP contribution in [0.5, 0.6) is 0 Å². The van der Waals surface area contributed by atoms with Crippen molar-refractivity contribution < 1.29 is 4.92 Å². The first kappa shape index (κ1) is 15.1. The molecule has 0 aliphatic heterocycles. The van der Waals surface area contributed by atoms with Crippen LogP contribution in [0.2, 0.25) is 0 Å². The van der Waals surface area contributed by atoms with Gasteiger partial charge in [0.2, 0.25) is 0 Å². The number of aromatic nitrogens is 2. The van der Waals surface area contributed by atoms with Crippen LogP contribution < -0.4 is 5.56 Å². The maximum Gasteiger partial charge on any atom is 0.269 e. The molecule has 1 aromatic heterocycles. The first-order chi connectivity index (χ1) is 10.0. The second-order valence-corrected chi connectivity index (χ2v) is 5.12. The number of hydrogen-bond donors (Lipinski definition) is 2. The molecule has 0 saturated heterocycles. The van der Waals surface area contributed by atoms with Gasteiger partial charge in [-0.15, -0.1) is 0 Å². The van der Waals surface area contributed by atoms with Crippen LogP contribution in [-0.4, -0.2) is 14.9 Å². The van der Waals surface area contributed by atoms with Crippen molar-refractivity contribution in [2.45, 2.75) is 26.2 Å². The van der Waals surface area contributed by atoms with Crippen molar-refractivity contribution in [1.29, 1.82) is 0 Å². The quantitative estimate of drug-likeness (QED) is 0.505. The lowest BCUT2D eigenvalue weighted by Gasteiger charge is -2.08. The Morgan fingerprint density at radius 1 is 1.24 bits per heavy atom. The molecule has 110 valence electrons. The van der Waals surface area contributed by atoms with E-state index in [0.717, 1.165) is 24.1 Å². The molecule has 0 aliphatic carbocycles. The summed E-state index contributed by atoms with van der Waals surface area (Å²) >= 11 is 4.99. The van der Waals surface area contributed by atoms with Gasteiger partial charge in [0.25, 0.3) is 11.2 Å². The predicted octanol–water partition coefficient (Wildman–Crippen LogP) is 2.88. The van der Waals surface area contributed by atoms with Gasteiger partial charge in [-0.2, -0.15) is 0 Å². The lowest BCUT2D eigenvalue weighted by Crippen LogP contribution is -2.18. The molecule has 0 amide bonds. The number of aryl methyl sites for hydroxylation is 1. The van der Waals surface area contributed by atoms with Crippen molar-refractivity contribution in [2.24, 2.45) is 0 Å². The highest BCUT2D eigenvalue weighted by Gasteiger charge is 2.10. The lowest BCUT2D eigenvalue weighted by atomic mass is 10.0. The summed E-state index contributed by atoms with van der Waals surface area (Å²) in [6, 6.07) is 6.20. The number of aromatic amines is 2. The maximum atomic E-state index is 12.1. The monoisotopic (exact) mass is 305 g/mol. The van der Waals surface area contributed by atoms with Crippen molar-refractivity contribution in [3.05, 3.63) is 66.3 Å². The van der Waals surface area contributed by atoms with Crippen molar-refractivity contribution in [3.8, 4) is 0 Å². The summed E-state index contributed by atoms with van der Waals surface area (Å²) in [5, 5.41) is 10.6. The number of nitro benzene ring substituents is 1. The number of rotatable bonds is 5. The number of hydrogen-bond acceptors (Lipinski definition) is 4. The fraction of sp³-hybridized carbons (Fsp3) is 0.286. The van der Waals surface area contributed by atoms with E-state index in [1.54, 1.807) is 12.1 Å². The van der Waals surface area contributed by atoms with E-state index in [1.807, 2.05) is 6.92 Å². The molecule has 0 saturated carbocycles. The van der Waals surface area contributed by atoms with Crippen molar-refractivity contribution >= 4 is 17.9 Å². The summed E-state index contributed by atoms with van der Waals surface area (Å²) in [7, 11) is 0. The van der Waals surface area contributed by atoms with Crippen LogP contribution in [0.1, 0.15) is 30.2 Å². The Bertz CT molecular complexity index is 762. The SMILES string of the molecule is CCCc1[nH]c(=S)[nH]c(=O)c1Cc1ccc([N+](=O)[O-])cc1. The summed E-state index contributed by atoms with van der Waals surface area (Å²) in [6.45, 7) is 2.02. The van der Waals surface area contributed by atoms with Gasteiger partial charge in [-0.3, -0.25) is 19.9 Å². The Hall–Kier alpha value is -2.28. The smallest absolute Gasteiger partial charge is 0.269 e. The molecule has 0 fully saturated rings. The van der Waals surface area contributed by atoms with Crippen molar-refractivity contribution in [2.75, 3.05) is 0 Å². The van der Waals surface area contributed by atoms with E-state index in [-0.39, 0.29) is 11.2 Å². The van der Waals surface area contributed by atoms with Crippen LogP contribution in [0.4, 0.5) is 5.69 Å². The minimum atomic E-state index is -0.446. The van der Waals surface area contributed by atoms with Crippen molar-refractivity contribution in [1.82, 2.24) is 9.97 Å². The largest absolute Gasteiger partial charge is 0.336 e. The van der Waals surface area contributed by atoms with Gasteiger partial charge in [-0.05, 0) is 24.2 Å². The van der Waals surface area contributed by atoms with E-state index in [2.05, 4.69) is 9.97 Å². The van der Waals surface area contributed by atoms with Crippen LogP contribution in [0.15, 0.2) is 29.1 Å². The zero-order valence-electron chi connectivity index (χ0n) is 11.5. The first-order valence-electron chi connectivity index (χ1n) is 6.59. The maximum absolute atomic E-state index is 12.1. The second-order valence-electron chi connectivity index (χ2n) is 4.72. The van der Waals surface area contributed by atoms with Gasteiger partial charge in [-0.1, -0.05) is 25.5 Å². The van der Waals surface area contributed by atoms with Crippen LogP contribution in [0.25, 0.3) is 0 Å². The molecule has 0 atom stereocenters. The number of H-pyrrole nitrogens is 2. The fourth-order valence-electron chi connectivity index (χ4n) is 2.15. The van der Waals surface area contributed by atoms with Crippen LogP contribution in [0.3, 0.4) is 0 Å². The number of benzene rings is 1. The minimum absolute atomic E-state index is 0.0360. The van der Waals surface area contributed by atoms with Gasteiger partial charge in [0.05, 0.1) is 4.92 Å². The Kier molecular flexibility index (Phi) is 4.64. The third-order valence-electron chi connectivity index (χ3n) is 3.16. The summed E-state index contributed by atoms with van der Waals surface area (Å²) in [4.78, 5) is 27.9. The molecule has 0 bridgehead atoms. The number of nitrogens with one attached hydrogen (secondary N) is 2. The summed E-state index contributed by atoms with van der Waals surface area (Å²) in [5.74, 6) is 0. The zero-order chi connectivity index (χ0) is 15.4. The molecular weight excluding hydrogens is 290 g/mol. The molecule has 2 N–H and O–H groups in total. The standard InChI is InChI=1S/C14H15N3O3S/c1-2-3-12-11(13(18)16-14(21)15-12)8-9-4-6-10(7-5-9)17(19)20/h4-7H,2-3,8H2,1H3,(H2,15,16,18,21). The summed E-state index contributed by atoms with van der Waals surface area (Å²) in [6.07, 6.45) is 2.03. The van der Waals surface area contributed by atoms with Gasteiger partial charge in [0.15, 0.2) is 4.77 Å². The van der Waals surface area contributed by atoms with E-state index in [0.29, 0.717) is 16.8 Å². The second kappa shape index (κ2) is 6.45. The van der Waals surface area contributed by atoms with Gasteiger partial charge in [-0.25, -0.2) is 0 Å². The van der Waals surface area contributed by atoms with E-state index < -0.39 is 4.92 Å². The van der Waals surface area contributed by atoms with Gasteiger partial charge >= 0.3 is 0 Å². The highest BCUT2D eigenvalue weighted by molar-refractivity contribution is 7.71. The highest BCUT2D eigenvalue weighted by Crippen LogP contribution is 2.15. The first-order valence-corrected chi connectivity index (χ1v) is 6.99. The predicted molar refractivity (Wildman–Crippen MR) is 82.1 cm³/mol. The minimum Gasteiger partial charge on any atom is -0.336 e. The van der Waals surface area contributed by atoms with Gasteiger partial charge in [0.1, 0.15) is 0 Å². The van der Waals surface area contributed by atoms with E-state index in [1.165, 1.54) is 12.1 Å². The molecule has 0 spiro atoms. The topological polar surface area (TPSA) is 91.8 Å². The Morgan fingerprint density at radius 2 is 1.90 bits per heavy atom. The lowest BCUT2D eigenvalue weighted by molar-refractivity contribution is -0.384. The average molecular weight is 305 g/mol. The third-order valence-corrected chi connectivity index (χ3v) is 3.36. The van der Waals surface area contributed by atoms with E-state index in [9.17, 15) is 14.9 Å². The summed E-state index contributed by atoms with van der Waals surface area (Å²) in [5.41, 5.74) is 2.12. The molecule has 7 heteroatoms. The summed E-state index contributed by atoms with van der Waals surface area (Å²) < 4.78 is 0.316. The van der Waals surface area contributed by atoms with Crippen molar-refractivity contribution in [3.63, 3.8) is 0 Å². The number of nitro groups is 1. The third kappa shape index (κ3) is 3.63. The van der Waals surface area contributed by atoms with Crippen LogP contribution >= 0.6 is 12.2 Å². The zero-order valence-corrected chi connectivity index (χ0v) is 12.3. The molecule has 2 aromatic rings. The van der Waals surface area contributed by atoms with Crippen LogP contribution in [0, 0.1) is 14.9 Å². The molecule has 0 unspecified atom stereocenters. The Morgan fingerprint density at radius 3 is 2.48 bits per heavy atom. The molecule has 2 rings (SSSR count). The van der Waals surface area contributed by atoms with Gasteiger partial charge in [0, 0.05) is 29.8 Å². The number of non-ortho nitro benzene ring substituents is 1. The van der Waals surface area contributed by atoms with E-state index >= 15 is 0 Å². The molecule has 6 nitrogen and oxygen atoms in total. The molecule has 21 heavy (non-hydrogen) atoms. The molecule has 0 radical (unpaired) electrons. The molecule has 1 aromatic carbocycles. The van der Waals surface area contributed by atoms with E-state index in [4.69, 9.17) is 12.2 Å². The molecule has 0 aliphatic rings. The average Bonchev–Trinajstić information content (AvgIpc) is 2.43.